The molecule has 0 aliphatic rings. The molecule has 0 bridgehead atoms. The lowest BCUT2D eigenvalue weighted by Crippen LogP contribution is -2.19. The molecular formula is C14H13FN2O4S. The molecule has 2 aromatic rings. The van der Waals surface area contributed by atoms with Crippen molar-refractivity contribution in [2.24, 2.45) is 5.14 Å². The fourth-order valence-corrected chi connectivity index (χ4v) is 2.39. The third kappa shape index (κ3) is 4.27. The molecule has 22 heavy (non-hydrogen) atoms. The number of halogens is 1. The lowest BCUT2D eigenvalue weighted by Gasteiger charge is -2.10. The second kappa shape index (κ2) is 6.54. The minimum absolute atomic E-state index is 0.00724. The normalized spacial score (nSPS) is 11.0. The van der Waals surface area contributed by atoms with Crippen LogP contribution in [0.15, 0.2) is 53.4 Å². The van der Waals surface area contributed by atoms with Crippen LogP contribution in [0.3, 0.4) is 0 Å². The molecule has 2 aromatic carbocycles. The average Bonchev–Trinajstić information content (AvgIpc) is 2.45. The highest BCUT2D eigenvalue weighted by molar-refractivity contribution is 7.89. The maximum atomic E-state index is 13.2. The van der Waals surface area contributed by atoms with Gasteiger partial charge in [0.05, 0.1) is 5.69 Å². The SMILES string of the molecule is NS(=O)(=O)c1ccc(F)cc1NC(=O)OCc1ccccc1. The quantitative estimate of drug-likeness (QED) is 0.901. The third-order valence-corrected chi connectivity index (χ3v) is 3.67. The number of carbonyl (C=O) groups excluding carboxylic acids is 1. The van der Waals surface area contributed by atoms with Crippen molar-refractivity contribution in [1.29, 1.82) is 0 Å². The zero-order chi connectivity index (χ0) is 16.2. The molecule has 6 nitrogen and oxygen atoms in total. The van der Waals surface area contributed by atoms with Crippen molar-refractivity contribution in [3.63, 3.8) is 0 Å². The Labute approximate surface area is 126 Å². The molecule has 0 spiro atoms. The van der Waals surface area contributed by atoms with Crippen LogP contribution in [-0.4, -0.2) is 14.5 Å². The van der Waals surface area contributed by atoms with Gasteiger partial charge < -0.3 is 4.74 Å². The number of anilines is 1. The van der Waals surface area contributed by atoms with Gasteiger partial charge in [0.25, 0.3) is 0 Å². The molecule has 0 aromatic heterocycles. The van der Waals surface area contributed by atoms with Gasteiger partial charge >= 0.3 is 6.09 Å². The summed E-state index contributed by atoms with van der Waals surface area (Å²) in [6.07, 6.45) is -0.917. The molecule has 3 N–H and O–H groups in total. The van der Waals surface area contributed by atoms with Crippen LogP contribution in [0.4, 0.5) is 14.9 Å². The molecular weight excluding hydrogens is 311 g/mol. The second-order valence-corrected chi connectivity index (χ2v) is 5.90. The lowest BCUT2D eigenvalue weighted by molar-refractivity contribution is 0.155. The van der Waals surface area contributed by atoms with E-state index in [0.717, 1.165) is 23.8 Å². The number of primary sulfonamides is 1. The van der Waals surface area contributed by atoms with E-state index in [1.165, 1.54) is 0 Å². The molecule has 0 fully saturated rings. The lowest BCUT2D eigenvalue weighted by atomic mass is 10.2. The Morgan fingerprint density at radius 3 is 2.50 bits per heavy atom. The summed E-state index contributed by atoms with van der Waals surface area (Å²) in [6, 6.07) is 11.6. The Hall–Kier alpha value is -2.45. The van der Waals surface area contributed by atoms with Gasteiger partial charge in [0.2, 0.25) is 10.0 Å². The summed E-state index contributed by atoms with van der Waals surface area (Å²) < 4.78 is 40.9. The van der Waals surface area contributed by atoms with Crippen molar-refractivity contribution in [3.8, 4) is 0 Å². The maximum Gasteiger partial charge on any atom is 0.411 e. The van der Waals surface area contributed by atoms with Gasteiger partial charge in [-0.25, -0.2) is 22.7 Å². The smallest absolute Gasteiger partial charge is 0.411 e. The van der Waals surface area contributed by atoms with Crippen LogP contribution in [0.1, 0.15) is 5.56 Å². The van der Waals surface area contributed by atoms with E-state index in [9.17, 15) is 17.6 Å². The number of hydrogen-bond donors (Lipinski definition) is 2. The van der Waals surface area contributed by atoms with E-state index in [0.29, 0.717) is 0 Å². The molecule has 0 aliphatic heterocycles. The van der Waals surface area contributed by atoms with Crippen LogP contribution in [0.5, 0.6) is 0 Å². The minimum Gasteiger partial charge on any atom is -0.444 e. The van der Waals surface area contributed by atoms with E-state index in [4.69, 9.17) is 9.88 Å². The third-order valence-electron chi connectivity index (χ3n) is 2.70. The highest BCUT2D eigenvalue weighted by Crippen LogP contribution is 2.21. The topological polar surface area (TPSA) is 98.5 Å². The Balaban J connectivity index is 2.10. The molecule has 0 radical (unpaired) electrons. The Morgan fingerprint density at radius 2 is 1.86 bits per heavy atom. The highest BCUT2D eigenvalue weighted by Gasteiger charge is 2.17. The standard InChI is InChI=1S/C14H13FN2O4S/c15-11-6-7-13(22(16,19)20)12(8-11)17-14(18)21-9-10-4-2-1-3-5-10/h1-8H,9H2,(H,17,18)(H2,16,19,20). The second-order valence-electron chi connectivity index (χ2n) is 4.37. The highest BCUT2D eigenvalue weighted by atomic mass is 32.2. The van der Waals surface area contributed by atoms with Crippen LogP contribution >= 0.6 is 0 Å². The number of amides is 1. The van der Waals surface area contributed by atoms with Gasteiger partial charge in [0.15, 0.2) is 0 Å². The predicted octanol–water partition coefficient (Wildman–Crippen LogP) is 2.22. The van der Waals surface area contributed by atoms with Crippen molar-refractivity contribution in [2.75, 3.05) is 5.32 Å². The largest absolute Gasteiger partial charge is 0.444 e. The van der Waals surface area contributed by atoms with Crippen molar-refractivity contribution < 1.29 is 22.3 Å². The average molecular weight is 324 g/mol. The molecule has 0 saturated carbocycles. The Bertz CT molecular complexity index is 779. The molecule has 0 aliphatic carbocycles. The number of rotatable bonds is 4. The van der Waals surface area contributed by atoms with Crippen LogP contribution in [0.25, 0.3) is 0 Å². The summed E-state index contributed by atoms with van der Waals surface area (Å²) in [6.45, 7) is -0.00724. The summed E-state index contributed by atoms with van der Waals surface area (Å²) in [4.78, 5) is 11.3. The first kappa shape index (κ1) is 15.9. The van der Waals surface area contributed by atoms with Crippen molar-refractivity contribution in [3.05, 3.63) is 59.9 Å². The van der Waals surface area contributed by atoms with Crippen LogP contribution < -0.4 is 10.5 Å². The van der Waals surface area contributed by atoms with Crippen molar-refractivity contribution in [2.45, 2.75) is 11.5 Å². The number of ether oxygens (including phenoxy) is 1. The molecule has 116 valence electrons. The van der Waals surface area contributed by atoms with Gasteiger partial charge in [-0.15, -0.1) is 0 Å². The van der Waals surface area contributed by atoms with E-state index in [1.807, 2.05) is 6.07 Å². The zero-order valence-corrected chi connectivity index (χ0v) is 12.1. The summed E-state index contributed by atoms with van der Waals surface area (Å²) in [5, 5.41) is 7.17. The first-order valence-corrected chi connectivity index (χ1v) is 7.71. The van der Waals surface area contributed by atoms with Gasteiger partial charge in [0, 0.05) is 0 Å². The number of sulfonamides is 1. The number of carbonyl (C=O) groups is 1. The zero-order valence-electron chi connectivity index (χ0n) is 11.3. The predicted molar refractivity (Wildman–Crippen MR) is 78.0 cm³/mol. The number of nitrogens with two attached hydrogens (primary N) is 1. The summed E-state index contributed by atoms with van der Waals surface area (Å²) in [5.74, 6) is -0.717. The van der Waals surface area contributed by atoms with Crippen molar-refractivity contribution in [1.82, 2.24) is 0 Å². The van der Waals surface area contributed by atoms with E-state index in [2.05, 4.69) is 5.32 Å². The minimum atomic E-state index is -4.10. The molecule has 0 heterocycles. The van der Waals surface area contributed by atoms with E-state index >= 15 is 0 Å². The molecule has 1 amide bonds. The van der Waals surface area contributed by atoms with Gasteiger partial charge in [0.1, 0.15) is 17.3 Å². The van der Waals surface area contributed by atoms with Crippen LogP contribution in [0, 0.1) is 5.82 Å². The van der Waals surface area contributed by atoms with Gasteiger partial charge in [-0.3, -0.25) is 5.32 Å². The van der Waals surface area contributed by atoms with E-state index in [1.54, 1.807) is 24.3 Å². The first-order valence-electron chi connectivity index (χ1n) is 6.16. The van der Waals surface area contributed by atoms with Crippen LogP contribution in [-0.2, 0) is 21.4 Å². The summed E-state index contributed by atoms with van der Waals surface area (Å²) in [7, 11) is -4.10. The molecule has 0 saturated heterocycles. The summed E-state index contributed by atoms with van der Waals surface area (Å²) >= 11 is 0. The number of hydrogen-bond acceptors (Lipinski definition) is 4. The van der Waals surface area contributed by atoms with Gasteiger partial charge in [-0.1, -0.05) is 30.3 Å². The fourth-order valence-electron chi connectivity index (χ4n) is 1.72. The number of nitrogens with one attached hydrogen (secondary N) is 1. The van der Waals surface area contributed by atoms with Crippen molar-refractivity contribution >= 4 is 21.8 Å². The van der Waals surface area contributed by atoms with Gasteiger partial charge in [-0.05, 0) is 23.8 Å². The monoisotopic (exact) mass is 324 g/mol. The molecule has 0 atom stereocenters. The Morgan fingerprint density at radius 1 is 1.18 bits per heavy atom. The Kier molecular flexibility index (Phi) is 4.74. The molecule has 8 heteroatoms. The fraction of sp³-hybridized carbons (Fsp3) is 0.0714. The van der Waals surface area contributed by atoms with E-state index in [-0.39, 0.29) is 12.3 Å². The molecule has 2 rings (SSSR count). The van der Waals surface area contributed by atoms with E-state index < -0.39 is 26.8 Å². The molecule has 0 unspecified atom stereocenters. The summed E-state index contributed by atoms with van der Waals surface area (Å²) in [5.41, 5.74) is 0.476. The van der Waals surface area contributed by atoms with Crippen LogP contribution in [0.2, 0.25) is 0 Å². The first-order chi connectivity index (χ1) is 10.4. The number of benzene rings is 2. The van der Waals surface area contributed by atoms with Gasteiger partial charge in [-0.2, -0.15) is 0 Å². The maximum absolute atomic E-state index is 13.2.